The van der Waals surface area contributed by atoms with Crippen LogP contribution in [0.15, 0.2) is 77.7 Å². The Labute approximate surface area is 197 Å². The number of aryl methyl sites for hydroxylation is 2. The second-order valence-corrected chi connectivity index (χ2v) is 10.6. The number of hydrogen-bond donors (Lipinski definition) is 1. The van der Waals surface area contributed by atoms with E-state index in [-0.39, 0.29) is 23.4 Å². The van der Waals surface area contributed by atoms with Crippen molar-refractivity contribution in [2.45, 2.75) is 51.5 Å². The molecule has 0 heterocycles. The topological polar surface area (TPSA) is 66.5 Å². The van der Waals surface area contributed by atoms with Crippen LogP contribution in [0.1, 0.15) is 55.0 Å². The van der Waals surface area contributed by atoms with Gasteiger partial charge in [-0.2, -0.15) is 0 Å². The van der Waals surface area contributed by atoms with Gasteiger partial charge in [0.15, 0.2) is 0 Å². The molecular weight excluding hydrogens is 432 g/mol. The molecule has 0 fully saturated rings. The molecule has 0 saturated carbocycles. The van der Waals surface area contributed by atoms with Gasteiger partial charge >= 0.3 is 0 Å². The fourth-order valence-electron chi connectivity index (χ4n) is 3.78. The molecule has 3 aromatic rings. The van der Waals surface area contributed by atoms with E-state index in [1.807, 2.05) is 51.1 Å². The predicted molar refractivity (Wildman–Crippen MR) is 134 cm³/mol. The second-order valence-electron chi connectivity index (χ2n) is 8.72. The molecule has 1 atom stereocenters. The van der Waals surface area contributed by atoms with E-state index in [0.29, 0.717) is 11.6 Å². The highest BCUT2D eigenvalue weighted by molar-refractivity contribution is 7.92. The normalized spacial score (nSPS) is 12.4. The molecular formula is C27H32N2O3S. The quantitative estimate of drug-likeness (QED) is 0.479. The molecule has 0 bridgehead atoms. The summed E-state index contributed by atoms with van der Waals surface area (Å²) < 4.78 is 28.2. The third-order valence-corrected chi connectivity index (χ3v) is 7.53. The molecule has 0 radical (unpaired) electrons. The van der Waals surface area contributed by atoms with Crippen molar-refractivity contribution in [1.29, 1.82) is 0 Å². The largest absolute Gasteiger partial charge is 0.348 e. The molecule has 1 unspecified atom stereocenters. The van der Waals surface area contributed by atoms with E-state index in [0.717, 1.165) is 22.3 Å². The predicted octanol–water partition coefficient (Wildman–Crippen LogP) is 5.50. The number of hydrogen-bond acceptors (Lipinski definition) is 3. The van der Waals surface area contributed by atoms with Crippen molar-refractivity contribution in [3.63, 3.8) is 0 Å². The molecule has 0 aliphatic carbocycles. The van der Waals surface area contributed by atoms with Crippen molar-refractivity contribution in [1.82, 2.24) is 5.32 Å². The molecule has 1 N–H and O–H groups in total. The molecule has 33 heavy (non-hydrogen) atoms. The van der Waals surface area contributed by atoms with Crippen LogP contribution in [0.25, 0.3) is 0 Å². The molecule has 0 aliphatic rings. The van der Waals surface area contributed by atoms with Crippen LogP contribution >= 0.6 is 0 Å². The average molecular weight is 465 g/mol. The molecule has 0 spiro atoms. The highest BCUT2D eigenvalue weighted by Gasteiger charge is 2.27. The number of benzene rings is 3. The fourth-order valence-corrected chi connectivity index (χ4v) is 5.22. The van der Waals surface area contributed by atoms with Gasteiger partial charge < -0.3 is 5.32 Å². The van der Waals surface area contributed by atoms with Gasteiger partial charge in [-0.25, -0.2) is 8.42 Å². The summed E-state index contributed by atoms with van der Waals surface area (Å²) in [5, 5.41) is 2.97. The van der Waals surface area contributed by atoms with E-state index in [9.17, 15) is 13.2 Å². The van der Waals surface area contributed by atoms with Gasteiger partial charge in [0, 0.05) is 0 Å². The highest BCUT2D eigenvalue weighted by Crippen LogP contribution is 2.26. The van der Waals surface area contributed by atoms with Crippen LogP contribution in [0.5, 0.6) is 0 Å². The monoisotopic (exact) mass is 464 g/mol. The second kappa shape index (κ2) is 10.2. The lowest BCUT2D eigenvalue weighted by atomic mass is 10.00. The lowest BCUT2D eigenvalue weighted by molar-refractivity contribution is -0.120. The molecule has 5 nitrogen and oxygen atoms in total. The van der Waals surface area contributed by atoms with Crippen LogP contribution in [0.4, 0.5) is 5.69 Å². The summed E-state index contributed by atoms with van der Waals surface area (Å²) in [4.78, 5) is 13.2. The first kappa shape index (κ1) is 24.5. The number of carbonyl (C=O) groups is 1. The summed E-state index contributed by atoms with van der Waals surface area (Å²) in [5.41, 5.74) is 4.75. The lowest BCUT2D eigenvalue weighted by Gasteiger charge is -2.26. The van der Waals surface area contributed by atoms with Gasteiger partial charge in [-0.3, -0.25) is 9.10 Å². The summed E-state index contributed by atoms with van der Waals surface area (Å²) in [5.74, 6) is -0.0456. The molecule has 6 heteroatoms. The van der Waals surface area contributed by atoms with Crippen molar-refractivity contribution in [3.05, 3.63) is 95.1 Å². The molecule has 1 amide bonds. The van der Waals surface area contributed by atoms with Crippen molar-refractivity contribution in [2.75, 3.05) is 10.8 Å². The van der Waals surface area contributed by atoms with Crippen LogP contribution in [0.2, 0.25) is 0 Å². The molecule has 3 aromatic carbocycles. The SMILES string of the molecule is Cc1ccc(C)c(C(C)NC(=O)CN(c2ccc(C(C)C)cc2)S(=O)(=O)c2ccccc2)c1. The van der Waals surface area contributed by atoms with E-state index >= 15 is 0 Å². The molecule has 0 aliphatic heterocycles. The maximum Gasteiger partial charge on any atom is 0.264 e. The minimum Gasteiger partial charge on any atom is -0.348 e. The third-order valence-electron chi connectivity index (χ3n) is 5.74. The number of sulfonamides is 1. The van der Waals surface area contributed by atoms with Crippen molar-refractivity contribution in [2.24, 2.45) is 0 Å². The van der Waals surface area contributed by atoms with Crippen LogP contribution in [-0.2, 0) is 14.8 Å². The highest BCUT2D eigenvalue weighted by atomic mass is 32.2. The summed E-state index contributed by atoms with van der Waals surface area (Å²) in [6, 6.07) is 21.4. The number of anilines is 1. The first-order valence-corrected chi connectivity index (χ1v) is 12.6. The number of amides is 1. The maximum atomic E-state index is 13.5. The van der Waals surface area contributed by atoms with Crippen molar-refractivity contribution >= 4 is 21.6 Å². The Bertz CT molecular complexity index is 1200. The van der Waals surface area contributed by atoms with E-state index in [4.69, 9.17) is 0 Å². The summed E-state index contributed by atoms with van der Waals surface area (Å²) >= 11 is 0. The number of nitrogens with one attached hydrogen (secondary N) is 1. The summed E-state index contributed by atoms with van der Waals surface area (Å²) in [7, 11) is -3.93. The Morgan fingerprint density at radius 2 is 1.55 bits per heavy atom. The van der Waals surface area contributed by atoms with E-state index < -0.39 is 10.0 Å². The van der Waals surface area contributed by atoms with Gasteiger partial charge in [-0.05, 0) is 67.6 Å². The first-order chi connectivity index (χ1) is 15.6. The van der Waals surface area contributed by atoms with Crippen LogP contribution in [0, 0.1) is 13.8 Å². The van der Waals surface area contributed by atoms with Gasteiger partial charge in [0.05, 0.1) is 16.6 Å². The molecule has 3 rings (SSSR count). The van der Waals surface area contributed by atoms with Gasteiger partial charge in [-0.15, -0.1) is 0 Å². The zero-order chi connectivity index (χ0) is 24.2. The minimum absolute atomic E-state index is 0.147. The summed E-state index contributed by atoms with van der Waals surface area (Å²) in [6.45, 7) is 9.76. The van der Waals surface area contributed by atoms with Gasteiger partial charge in [0.1, 0.15) is 6.54 Å². The van der Waals surface area contributed by atoms with Gasteiger partial charge in [-0.1, -0.05) is 67.9 Å². The van der Waals surface area contributed by atoms with Gasteiger partial charge in [0.25, 0.3) is 10.0 Å². The lowest BCUT2D eigenvalue weighted by Crippen LogP contribution is -2.41. The van der Waals surface area contributed by atoms with Crippen LogP contribution < -0.4 is 9.62 Å². The molecule has 0 aromatic heterocycles. The minimum atomic E-state index is -3.93. The van der Waals surface area contributed by atoms with E-state index in [2.05, 4.69) is 19.2 Å². The zero-order valence-corrected chi connectivity index (χ0v) is 20.7. The van der Waals surface area contributed by atoms with Crippen LogP contribution in [-0.4, -0.2) is 20.9 Å². The maximum absolute atomic E-state index is 13.5. The van der Waals surface area contributed by atoms with Crippen molar-refractivity contribution < 1.29 is 13.2 Å². The van der Waals surface area contributed by atoms with Crippen molar-refractivity contribution in [3.8, 4) is 0 Å². The third kappa shape index (κ3) is 5.82. The Morgan fingerprint density at radius 1 is 0.909 bits per heavy atom. The van der Waals surface area contributed by atoms with E-state index in [1.165, 1.54) is 4.31 Å². The Hall–Kier alpha value is -3.12. The number of nitrogens with zero attached hydrogens (tertiary/aromatic N) is 1. The number of rotatable bonds is 8. The Morgan fingerprint density at radius 3 is 2.15 bits per heavy atom. The van der Waals surface area contributed by atoms with Gasteiger partial charge in [0.2, 0.25) is 5.91 Å². The molecule has 174 valence electrons. The first-order valence-electron chi connectivity index (χ1n) is 11.1. The zero-order valence-electron chi connectivity index (χ0n) is 19.9. The fraction of sp³-hybridized carbons (Fsp3) is 0.296. The Balaban J connectivity index is 1.91. The standard InChI is InChI=1S/C27H32N2O3S/c1-19(2)23-13-15-24(16-14-23)29(33(31,32)25-9-7-6-8-10-25)18-27(30)28-22(5)26-17-20(3)11-12-21(26)4/h6-17,19,22H,18H2,1-5H3,(H,28,30). The van der Waals surface area contributed by atoms with E-state index in [1.54, 1.807) is 42.5 Å². The molecule has 0 saturated heterocycles. The van der Waals surface area contributed by atoms with Crippen LogP contribution in [0.3, 0.4) is 0 Å². The summed E-state index contributed by atoms with van der Waals surface area (Å²) in [6.07, 6.45) is 0. The Kier molecular flexibility index (Phi) is 7.59. The average Bonchev–Trinajstić information content (AvgIpc) is 2.79. The smallest absolute Gasteiger partial charge is 0.264 e. The number of carbonyl (C=O) groups excluding carboxylic acids is 1.